The predicted molar refractivity (Wildman–Crippen MR) is 271 cm³/mol. The molecule has 0 bridgehead atoms. The molecule has 2 atom stereocenters. The van der Waals surface area contributed by atoms with Crippen molar-refractivity contribution in [3.05, 3.63) is 217 Å². The number of hydrogen-bond acceptors (Lipinski definition) is 4. The summed E-state index contributed by atoms with van der Waals surface area (Å²) in [5.41, 5.74) is 10.8. The quantitative estimate of drug-likeness (QED) is 0.153. The lowest BCUT2D eigenvalue weighted by molar-refractivity contribution is 0.265. The minimum Gasteiger partial charge on any atom is -0.478 e. The molecule has 2 aliphatic rings. The van der Waals surface area contributed by atoms with Gasteiger partial charge in [-0.1, -0.05) is 146 Å². The number of aliphatic imine (C=N–C) groups is 2. The highest BCUT2D eigenvalue weighted by Crippen LogP contribution is 2.41. The zero-order valence-corrected chi connectivity index (χ0v) is 36.4. The van der Waals surface area contributed by atoms with Gasteiger partial charge in [0.1, 0.15) is 30.7 Å². The molecule has 0 radical (unpaired) electrons. The summed E-state index contributed by atoms with van der Waals surface area (Å²) in [5.74, 6) is 1.29. The first-order valence-electron chi connectivity index (χ1n) is 22.6. The van der Waals surface area contributed by atoms with E-state index in [-0.39, 0.29) is 12.1 Å². The lowest BCUT2D eigenvalue weighted by Crippen LogP contribution is -2.34. The molecule has 65 heavy (non-hydrogen) atoms. The Morgan fingerprint density at radius 2 is 0.600 bits per heavy atom. The number of ether oxygens (including phenoxy) is 2. The number of rotatable bonds is 8. The van der Waals surface area contributed by atoms with Crippen molar-refractivity contribution >= 4 is 54.9 Å². The van der Waals surface area contributed by atoms with Crippen LogP contribution < -0.4 is 0 Å². The largest absolute Gasteiger partial charge is 0.478 e. The van der Waals surface area contributed by atoms with Crippen LogP contribution in [-0.2, 0) is 9.47 Å². The summed E-state index contributed by atoms with van der Waals surface area (Å²) in [4.78, 5) is 10.7. The molecule has 0 aromatic heterocycles. The summed E-state index contributed by atoms with van der Waals surface area (Å²) in [6, 6.07) is 74.4. The Bertz CT molecular complexity index is 3130. The van der Waals surface area contributed by atoms with Crippen molar-refractivity contribution in [3.63, 3.8) is 0 Å². The smallest absolute Gasteiger partial charge is 0.199 e. The Balaban J connectivity index is 0.895. The molecule has 0 fully saturated rings. The highest BCUT2D eigenvalue weighted by atomic mass is 16.5. The van der Waals surface area contributed by atoms with Gasteiger partial charge in [0.05, 0.1) is 0 Å². The summed E-state index contributed by atoms with van der Waals surface area (Å²) >= 11 is 0. The molecule has 0 aliphatic carbocycles. The molecule has 0 saturated carbocycles. The third-order valence-corrected chi connectivity index (χ3v) is 13.4. The van der Waals surface area contributed by atoms with E-state index in [0.717, 1.165) is 33.4 Å². The lowest BCUT2D eigenvalue weighted by atomic mass is 9.91. The fourth-order valence-electron chi connectivity index (χ4n) is 9.69. The number of nitrogens with zero attached hydrogens (tertiary/aromatic N) is 2. The van der Waals surface area contributed by atoms with Crippen LogP contribution in [0.1, 0.15) is 37.1 Å². The first-order chi connectivity index (χ1) is 31.9. The molecule has 10 aromatic carbocycles. The second-order valence-electron chi connectivity index (χ2n) is 18.1. The summed E-state index contributed by atoms with van der Waals surface area (Å²) in [6.07, 6.45) is 0. The zero-order chi connectivity index (χ0) is 43.5. The van der Waals surface area contributed by atoms with E-state index in [1.807, 2.05) is 0 Å². The van der Waals surface area contributed by atoms with Gasteiger partial charge in [-0.2, -0.15) is 0 Å². The molecule has 4 nitrogen and oxygen atoms in total. The summed E-state index contributed by atoms with van der Waals surface area (Å²) in [5, 5.41) is 9.78. The van der Waals surface area contributed by atoms with E-state index in [1.54, 1.807) is 0 Å². The zero-order valence-electron chi connectivity index (χ0n) is 36.4. The molecule has 4 heteroatoms. The first kappa shape index (κ1) is 38.8. The molecule has 312 valence electrons. The van der Waals surface area contributed by atoms with Crippen LogP contribution in [0, 0.1) is 5.41 Å². The predicted octanol–water partition coefficient (Wildman–Crippen LogP) is 15.6. The van der Waals surface area contributed by atoms with Crippen molar-refractivity contribution in [1.82, 2.24) is 0 Å². The first-order valence-corrected chi connectivity index (χ1v) is 22.6. The average Bonchev–Trinajstić information content (AvgIpc) is 4.09. The second kappa shape index (κ2) is 15.8. The van der Waals surface area contributed by atoms with Crippen LogP contribution in [0.15, 0.2) is 216 Å². The highest BCUT2D eigenvalue weighted by molar-refractivity contribution is 6.05. The fraction of sp³-hybridized carbons (Fsp3) is 0.115. The van der Waals surface area contributed by atoms with Gasteiger partial charge < -0.3 is 9.47 Å². The van der Waals surface area contributed by atoms with Crippen molar-refractivity contribution in [2.75, 3.05) is 13.2 Å². The van der Waals surface area contributed by atoms with E-state index in [4.69, 9.17) is 19.5 Å². The number of fused-ring (bicyclic) bond motifs is 4. The minimum atomic E-state index is -0.683. The van der Waals surface area contributed by atoms with E-state index < -0.39 is 5.41 Å². The van der Waals surface area contributed by atoms with E-state index in [1.165, 1.54) is 65.3 Å². The average molecular weight is 839 g/mol. The van der Waals surface area contributed by atoms with Crippen LogP contribution >= 0.6 is 0 Å². The van der Waals surface area contributed by atoms with Crippen LogP contribution in [0.5, 0.6) is 0 Å². The third-order valence-electron chi connectivity index (χ3n) is 13.4. The fourth-order valence-corrected chi connectivity index (χ4v) is 9.69. The van der Waals surface area contributed by atoms with Gasteiger partial charge in [0.2, 0.25) is 0 Å². The molecule has 2 heterocycles. The maximum absolute atomic E-state index is 6.56. The van der Waals surface area contributed by atoms with Gasteiger partial charge in [-0.15, -0.1) is 0 Å². The molecular formula is C61H46N2O2. The van der Waals surface area contributed by atoms with Gasteiger partial charge in [0.15, 0.2) is 11.8 Å². The van der Waals surface area contributed by atoms with Crippen LogP contribution in [0.4, 0.5) is 0 Å². The number of benzene rings is 10. The van der Waals surface area contributed by atoms with Crippen molar-refractivity contribution in [1.29, 1.82) is 0 Å². The minimum absolute atomic E-state index is 0.190. The Hall–Kier alpha value is -7.82. The molecule has 0 saturated heterocycles. The standard InChI is InChI=1S/C61H46N2O2/c1-61(2,59-62-57(37-64-59)55-33-51(47-23-19-39-11-3-7-15-43(39)27-47)31-52(34-55)48-24-20-40-12-4-8-16-44(40)28-48)60-63-58(38-65-60)56-35-53(49-25-21-41-13-5-9-17-45(41)29-49)32-54(36-56)50-26-22-42-14-6-10-18-46(42)30-50/h3-36,57-58H,37-38H2,1-2H3/t57-,58-/m0/s1. The summed E-state index contributed by atoms with van der Waals surface area (Å²) in [7, 11) is 0. The summed E-state index contributed by atoms with van der Waals surface area (Å²) in [6.45, 7) is 5.12. The van der Waals surface area contributed by atoms with Gasteiger partial charge in [0.25, 0.3) is 0 Å². The van der Waals surface area contributed by atoms with Gasteiger partial charge in [-0.05, 0) is 173 Å². The van der Waals surface area contributed by atoms with Crippen molar-refractivity contribution in [3.8, 4) is 44.5 Å². The van der Waals surface area contributed by atoms with Crippen molar-refractivity contribution in [2.45, 2.75) is 25.9 Å². The molecule has 0 spiro atoms. The molecule has 2 aliphatic heterocycles. The SMILES string of the molecule is CC(C)(C1=N[C@H](c2cc(-c3ccc4ccccc4c3)cc(-c3ccc4ccccc4c3)c2)CO1)C1=N[C@H](c2cc(-c3ccc4ccccc4c3)cc(-c3ccc4ccccc4c3)c2)CO1. The van der Waals surface area contributed by atoms with E-state index >= 15 is 0 Å². The molecule has 12 rings (SSSR count). The summed E-state index contributed by atoms with van der Waals surface area (Å²) < 4.78 is 13.1. The van der Waals surface area contributed by atoms with Crippen molar-refractivity contribution < 1.29 is 9.47 Å². The van der Waals surface area contributed by atoms with Gasteiger partial charge >= 0.3 is 0 Å². The number of hydrogen-bond donors (Lipinski definition) is 0. The van der Waals surface area contributed by atoms with E-state index in [0.29, 0.717) is 25.0 Å². The maximum atomic E-state index is 6.56. The topological polar surface area (TPSA) is 43.2 Å². The van der Waals surface area contributed by atoms with Gasteiger partial charge in [0, 0.05) is 0 Å². The highest BCUT2D eigenvalue weighted by Gasteiger charge is 2.42. The van der Waals surface area contributed by atoms with Crippen molar-refractivity contribution in [2.24, 2.45) is 15.4 Å². The normalized spacial score (nSPS) is 16.2. The Morgan fingerprint density at radius 3 is 0.892 bits per heavy atom. The van der Waals surface area contributed by atoms with Crippen LogP contribution in [0.25, 0.3) is 87.6 Å². The Kier molecular flexibility index (Phi) is 9.41. The molecule has 10 aromatic rings. The molecular weight excluding hydrogens is 793 g/mol. The van der Waals surface area contributed by atoms with E-state index in [9.17, 15) is 0 Å². The maximum Gasteiger partial charge on any atom is 0.199 e. The molecule has 0 N–H and O–H groups in total. The van der Waals surface area contributed by atoms with Gasteiger partial charge in [-0.3, -0.25) is 0 Å². The van der Waals surface area contributed by atoms with Gasteiger partial charge in [-0.25, -0.2) is 9.98 Å². The lowest BCUT2D eigenvalue weighted by Gasteiger charge is -2.22. The van der Waals surface area contributed by atoms with E-state index in [2.05, 4.69) is 220 Å². The van der Waals surface area contributed by atoms with Crippen LogP contribution in [0.2, 0.25) is 0 Å². The molecule has 0 unspecified atom stereocenters. The Morgan fingerprint density at radius 1 is 0.323 bits per heavy atom. The Labute approximate surface area is 379 Å². The van der Waals surface area contributed by atoms with Crippen LogP contribution in [-0.4, -0.2) is 25.0 Å². The third kappa shape index (κ3) is 7.31. The molecule has 0 amide bonds. The monoisotopic (exact) mass is 838 g/mol. The second-order valence-corrected chi connectivity index (χ2v) is 18.1. The van der Waals surface area contributed by atoms with Crippen LogP contribution in [0.3, 0.4) is 0 Å².